The minimum atomic E-state index is -0.429. The molecule has 9 heteroatoms. The molecule has 1 amide bonds. The molecule has 2 aromatic carbocycles. The number of nitrogens with one attached hydrogen (secondary N) is 1. The van der Waals surface area contributed by atoms with Gasteiger partial charge >= 0.3 is 0 Å². The Hall–Kier alpha value is -3.20. The van der Waals surface area contributed by atoms with Crippen molar-refractivity contribution in [1.29, 1.82) is 0 Å². The molecule has 0 spiro atoms. The van der Waals surface area contributed by atoms with Crippen molar-refractivity contribution < 1.29 is 14.3 Å². The summed E-state index contributed by atoms with van der Waals surface area (Å²) in [6, 6.07) is 14.5. The van der Waals surface area contributed by atoms with Crippen molar-refractivity contribution in [3.63, 3.8) is 0 Å². The van der Waals surface area contributed by atoms with E-state index in [0.29, 0.717) is 22.4 Å². The second-order valence-electron chi connectivity index (χ2n) is 5.89. The van der Waals surface area contributed by atoms with Crippen LogP contribution in [0.2, 0.25) is 0 Å². The van der Waals surface area contributed by atoms with Gasteiger partial charge in [0.1, 0.15) is 11.5 Å². The Bertz CT molecular complexity index is 958. The summed E-state index contributed by atoms with van der Waals surface area (Å²) in [6.45, 7) is 1.78. The summed E-state index contributed by atoms with van der Waals surface area (Å²) in [5.41, 5.74) is 1.46. The molecule has 1 aromatic heterocycles. The van der Waals surface area contributed by atoms with E-state index in [-0.39, 0.29) is 5.91 Å². The van der Waals surface area contributed by atoms with E-state index in [0.717, 1.165) is 11.3 Å². The number of carbonyl (C=O) groups is 1. The third kappa shape index (κ3) is 4.37. The van der Waals surface area contributed by atoms with Crippen molar-refractivity contribution in [2.75, 3.05) is 25.4 Å². The second kappa shape index (κ2) is 8.66. The molecule has 0 fully saturated rings. The highest BCUT2D eigenvalue weighted by Gasteiger charge is 2.20. The zero-order valence-corrected chi connectivity index (χ0v) is 16.6. The minimum Gasteiger partial charge on any atom is -0.497 e. The number of carbonyl (C=O) groups excluding carboxylic acids is 1. The number of anilines is 1. The topological polar surface area (TPSA) is 104 Å². The van der Waals surface area contributed by atoms with E-state index in [4.69, 9.17) is 15.3 Å². The molecule has 0 unspecified atom stereocenters. The van der Waals surface area contributed by atoms with E-state index in [2.05, 4.69) is 15.5 Å². The number of aromatic nitrogens is 3. The van der Waals surface area contributed by atoms with Gasteiger partial charge in [0.15, 0.2) is 5.82 Å². The molecule has 0 bridgehead atoms. The number of nitrogens with zero attached hydrogens (tertiary/aromatic N) is 3. The average Bonchev–Trinajstić information content (AvgIpc) is 3.08. The van der Waals surface area contributed by atoms with E-state index in [1.807, 2.05) is 36.4 Å². The van der Waals surface area contributed by atoms with Crippen LogP contribution in [0.15, 0.2) is 53.7 Å². The molecule has 0 aliphatic heterocycles. The lowest BCUT2D eigenvalue weighted by Crippen LogP contribution is -2.23. The molecular formula is C19H21N5O3S. The van der Waals surface area contributed by atoms with Gasteiger partial charge in [0.2, 0.25) is 11.1 Å². The molecule has 0 aliphatic carbocycles. The van der Waals surface area contributed by atoms with E-state index in [1.165, 1.54) is 16.4 Å². The van der Waals surface area contributed by atoms with Crippen LogP contribution in [-0.4, -0.2) is 40.3 Å². The zero-order chi connectivity index (χ0) is 20.1. The molecule has 28 heavy (non-hydrogen) atoms. The van der Waals surface area contributed by atoms with Gasteiger partial charge in [0.05, 0.1) is 19.5 Å². The Kier molecular flexibility index (Phi) is 6.05. The Labute approximate surface area is 167 Å². The number of nitrogen functional groups attached to an aromatic ring is 1. The fourth-order valence-electron chi connectivity index (χ4n) is 2.45. The monoisotopic (exact) mass is 399 g/mol. The number of ether oxygens (including phenoxy) is 2. The van der Waals surface area contributed by atoms with Crippen LogP contribution in [0.1, 0.15) is 6.92 Å². The van der Waals surface area contributed by atoms with Crippen LogP contribution in [0.25, 0.3) is 11.4 Å². The number of hydrogen-bond donors (Lipinski definition) is 2. The van der Waals surface area contributed by atoms with Crippen LogP contribution in [0.3, 0.4) is 0 Å². The smallest absolute Gasteiger partial charge is 0.237 e. The van der Waals surface area contributed by atoms with Crippen molar-refractivity contribution in [2.45, 2.75) is 17.3 Å². The molecule has 3 N–H and O–H groups in total. The van der Waals surface area contributed by atoms with Crippen molar-refractivity contribution in [2.24, 2.45) is 0 Å². The number of hydrogen-bond acceptors (Lipinski definition) is 7. The third-order valence-electron chi connectivity index (χ3n) is 4.00. The minimum absolute atomic E-state index is 0.174. The second-order valence-corrected chi connectivity index (χ2v) is 7.19. The lowest BCUT2D eigenvalue weighted by atomic mass is 10.2. The van der Waals surface area contributed by atoms with Gasteiger partial charge in [-0.25, -0.2) is 4.68 Å². The maximum absolute atomic E-state index is 12.5. The van der Waals surface area contributed by atoms with Crippen molar-refractivity contribution in [3.8, 4) is 22.9 Å². The Balaban J connectivity index is 1.69. The summed E-state index contributed by atoms with van der Waals surface area (Å²) in [5, 5.41) is 11.1. The lowest BCUT2D eigenvalue weighted by Gasteiger charge is -2.12. The predicted molar refractivity (Wildman–Crippen MR) is 109 cm³/mol. The van der Waals surface area contributed by atoms with Gasteiger partial charge in [-0.2, -0.15) is 0 Å². The number of methoxy groups -OCH3 is 2. The highest BCUT2D eigenvalue weighted by molar-refractivity contribution is 8.00. The van der Waals surface area contributed by atoms with Crippen LogP contribution < -0.4 is 20.6 Å². The lowest BCUT2D eigenvalue weighted by molar-refractivity contribution is -0.115. The van der Waals surface area contributed by atoms with Gasteiger partial charge < -0.3 is 20.6 Å². The van der Waals surface area contributed by atoms with E-state index in [1.54, 1.807) is 33.3 Å². The first-order chi connectivity index (χ1) is 13.5. The molecular weight excluding hydrogens is 378 g/mol. The number of benzene rings is 2. The van der Waals surface area contributed by atoms with Crippen LogP contribution in [0, 0.1) is 0 Å². The van der Waals surface area contributed by atoms with E-state index >= 15 is 0 Å². The Morgan fingerprint density at radius 2 is 1.82 bits per heavy atom. The molecule has 0 saturated carbocycles. The average molecular weight is 399 g/mol. The summed E-state index contributed by atoms with van der Waals surface area (Å²) in [6.07, 6.45) is 0. The molecule has 1 heterocycles. The summed E-state index contributed by atoms with van der Waals surface area (Å²) >= 11 is 1.23. The quantitative estimate of drug-likeness (QED) is 0.465. The highest BCUT2D eigenvalue weighted by atomic mass is 32.2. The fraction of sp³-hybridized carbons (Fsp3) is 0.211. The SMILES string of the molecule is COc1ccc(-c2nnc(S[C@H](C)C(=O)Nc3cccc(OC)c3)n2N)cc1. The highest BCUT2D eigenvalue weighted by Crippen LogP contribution is 2.27. The molecule has 3 aromatic rings. The van der Waals surface area contributed by atoms with Crippen molar-refractivity contribution in [1.82, 2.24) is 14.9 Å². The fourth-order valence-corrected chi connectivity index (χ4v) is 3.22. The largest absolute Gasteiger partial charge is 0.497 e. The maximum Gasteiger partial charge on any atom is 0.237 e. The van der Waals surface area contributed by atoms with Crippen molar-refractivity contribution in [3.05, 3.63) is 48.5 Å². The van der Waals surface area contributed by atoms with Crippen LogP contribution in [0.4, 0.5) is 5.69 Å². The first-order valence-corrected chi connectivity index (χ1v) is 9.36. The summed E-state index contributed by atoms with van der Waals surface area (Å²) < 4.78 is 11.7. The summed E-state index contributed by atoms with van der Waals surface area (Å²) in [4.78, 5) is 12.5. The molecule has 146 valence electrons. The number of rotatable bonds is 7. The van der Waals surface area contributed by atoms with Crippen LogP contribution in [-0.2, 0) is 4.79 Å². The zero-order valence-electron chi connectivity index (χ0n) is 15.7. The van der Waals surface area contributed by atoms with Gasteiger partial charge in [-0.1, -0.05) is 17.8 Å². The third-order valence-corrected chi connectivity index (χ3v) is 5.06. The summed E-state index contributed by atoms with van der Waals surface area (Å²) in [7, 11) is 3.18. The first-order valence-electron chi connectivity index (χ1n) is 8.48. The number of nitrogens with two attached hydrogens (primary N) is 1. The molecule has 1 atom stereocenters. The maximum atomic E-state index is 12.5. The van der Waals surface area contributed by atoms with E-state index in [9.17, 15) is 4.79 Å². The van der Waals surface area contributed by atoms with Gasteiger partial charge in [0.25, 0.3) is 0 Å². The normalized spacial score (nSPS) is 11.7. The molecule has 0 saturated heterocycles. The van der Waals surface area contributed by atoms with Gasteiger partial charge in [0, 0.05) is 17.3 Å². The number of thioether (sulfide) groups is 1. The van der Waals surface area contributed by atoms with Crippen molar-refractivity contribution >= 4 is 23.4 Å². The van der Waals surface area contributed by atoms with Crippen LogP contribution >= 0.6 is 11.8 Å². The molecule has 0 aliphatic rings. The van der Waals surface area contributed by atoms with Gasteiger partial charge in [-0.3, -0.25) is 4.79 Å². The Morgan fingerprint density at radius 3 is 2.50 bits per heavy atom. The molecule has 3 rings (SSSR count). The van der Waals surface area contributed by atoms with Gasteiger partial charge in [-0.15, -0.1) is 10.2 Å². The van der Waals surface area contributed by atoms with Crippen LogP contribution in [0.5, 0.6) is 11.5 Å². The summed E-state index contributed by atoms with van der Waals surface area (Å²) in [5.74, 6) is 7.88. The standard InChI is InChI=1S/C19H21N5O3S/c1-12(18(25)21-14-5-4-6-16(11-14)27-3)28-19-23-22-17(24(19)20)13-7-9-15(26-2)10-8-13/h4-12H,20H2,1-3H3,(H,21,25)/t12-/m1/s1. The molecule has 0 radical (unpaired) electrons. The number of amides is 1. The first kappa shape index (κ1) is 19.6. The van der Waals surface area contributed by atoms with Gasteiger partial charge in [-0.05, 0) is 43.3 Å². The molecule has 8 nitrogen and oxygen atoms in total. The Morgan fingerprint density at radius 1 is 1.11 bits per heavy atom. The predicted octanol–water partition coefficient (Wildman–Crippen LogP) is 2.80. The van der Waals surface area contributed by atoms with E-state index < -0.39 is 5.25 Å².